The fraction of sp³-hybridized carbons (Fsp3) is 0.500. The number of carbonyl (C=O) groups excluding carboxylic acids is 1. The molecular formula is C18H27O6P. The van der Waals surface area contributed by atoms with Gasteiger partial charge in [-0.1, -0.05) is 42.0 Å². The minimum atomic E-state index is -3.37. The van der Waals surface area contributed by atoms with Crippen molar-refractivity contribution in [2.24, 2.45) is 0 Å². The average molecular weight is 370 g/mol. The maximum absolute atomic E-state index is 11.9. The van der Waals surface area contributed by atoms with Gasteiger partial charge in [0.25, 0.3) is 0 Å². The molecule has 7 heteroatoms. The van der Waals surface area contributed by atoms with Crippen LogP contribution in [0.1, 0.15) is 25.3 Å². The van der Waals surface area contributed by atoms with E-state index in [1.165, 1.54) is 14.2 Å². The molecule has 0 aliphatic heterocycles. The number of ether oxygens (including phenoxy) is 1. The third-order valence-corrected chi connectivity index (χ3v) is 5.46. The zero-order chi connectivity index (χ0) is 18.7. The molecule has 0 saturated carbocycles. The Hall–Kier alpha value is -1.30. The molecule has 0 heterocycles. The zero-order valence-electron chi connectivity index (χ0n) is 15.0. The smallest absolute Gasteiger partial charge is 0.337 e. The third kappa shape index (κ3) is 9.10. The molecule has 0 unspecified atom stereocenters. The maximum atomic E-state index is 11.9. The van der Waals surface area contributed by atoms with Gasteiger partial charge in [-0.05, 0) is 18.9 Å². The minimum Gasteiger partial charge on any atom is -0.392 e. The lowest BCUT2D eigenvalue weighted by Crippen LogP contribution is -2.17. The second-order valence-electron chi connectivity index (χ2n) is 5.79. The molecule has 1 aromatic rings. The summed E-state index contributed by atoms with van der Waals surface area (Å²) in [6.07, 6.45) is 0.976. The van der Waals surface area contributed by atoms with Gasteiger partial charge in [-0.25, -0.2) is 0 Å². The van der Waals surface area contributed by atoms with Crippen LogP contribution in [0.15, 0.2) is 42.0 Å². The van der Waals surface area contributed by atoms with Crippen LogP contribution in [-0.4, -0.2) is 44.0 Å². The van der Waals surface area contributed by atoms with Gasteiger partial charge in [0, 0.05) is 20.6 Å². The summed E-state index contributed by atoms with van der Waals surface area (Å²) in [7, 11) is -0.909. The van der Waals surface area contributed by atoms with Crippen LogP contribution in [0, 0.1) is 0 Å². The van der Waals surface area contributed by atoms with Crippen LogP contribution in [0.3, 0.4) is 0 Å². The Morgan fingerprint density at radius 2 is 1.84 bits per heavy atom. The highest BCUT2D eigenvalue weighted by molar-refractivity contribution is 7.54. The monoisotopic (exact) mass is 370 g/mol. The first-order chi connectivity index (χ1) is 11.9. The number of aliphatic hydroxyl groups excluding tert-OH is 1. The summed E-state index contributed by atoms with van der Waals surface area (Å²) in [5, 5.41) is 9.99. The summed E-state index contributed by atoms with van der Waals surface area (Å²) >= 11 is 0. The normalized spacial score (nSPS) is 13.7. The van der Waals surface area contributed by atoms with Crippen molar-refractivity contribution >= 4 is 13.4 Å². The van der Waals surface area contributed by atoms with E-state index in [-0.39, 0.29) is 18.4 Å². The highest BCUT2D eigenvalue weighted by atomic mass is 31.2. The number of ketones is 1. The molecule has 1 aromatic carbocycles. The molecule has 0 aliphatic rings. The van der Waals surface area contributed by atoms with Gasteiger partial charge in [0.05, 0.1) is 19.3 Å². The summed E-state index contributed by atoms with van der Waals surface area (Å²) in [6, 6.07) is 9.85. The first-order valence-electron chi connectivity index (χ1n) is 8.06. The Morgan fingerprint density at radius 3 is 2.44 bits per heavy atom. The topological polar surface area (TPSA) is 82.1 Å². The second-order valence-corrected chi connectivity index (χ2v) is 8.05. The lowest BCUT2D eigenvalue weighted by Gasteiger charge is -2.14. The Labute approximate surface area is 149 Å². The molecular weight excluding hydrogens is 343 g/mol. The van der Waals surface area contributed by atoms with E-state index in [2.05, 4.69) is 0 Å². The van der Waals surface area contributed by atoms with E-state index in [0.717, 1.165) is 11.1 Å². The molecule has 6 nitrogen and oxygen atoms in total. The quantitative estimate of drug-likeness (QED) is 0.345. The van der Waals surface area contributed by atoms with E-state index >= 15 is 0 Å². The lowest BCUT2D eigenvalue weighted by atomic mass is 10.1. The van der Waals surface area contributed by atoms with Crippen molar-refractivity contribution in [2.45, 2.75) is 32.5 Å². The van der Waals surface area contributed by atoms with Gasteiger partial charge >= 0.3 is 7.60 Å². The molecule has 0 radical (unpaired) electrons. The second kappa shape index (κ2) is 11.3. The van der Waals surface area contributed by atoms with Crippen LogP contribution in [0.2, 0.25) is 0 Å². The van der Waals surface area contributed by atoms with Crippen LogP contribution in [0.25, 0.3) is 0 Å². The first-order valence-corrected chi connectivity index (χ1v) is 9.79. The van der Waals surface area contributed by atoms with Gasteiger partial charge in [0.2, 0.25) is 0 Å². The summed E-state index contributed by atoms with van der Waals surface area (Å²) in [5.74, 6) is -0.354. The fourth-order valence-corrected chi connectivity index (χ4v) is 3.19. The number of Topliss-reactive ketones (excluding diaryl/α,β-unsaturated/α-hetero) is 1. The number of rotatable bonds is 12. The standard InChI is InChI=1S/C18H27O6P/c1-15(9-10-24-13-16-7-5-4-6-8-16)11-17(19)12-18(20)14-25(21,22-2)23-3/h4-9,17,19H,10-14H2,1-3H3/b15-9+/t17-/m0/s1. The van der Waals surface area contributed by atoms with E-state index in [4.69, 9.17) is 13.8 Å². The van der Waals surface area contributed by atoms with Gasteiger partial charge in [0.1, 0.15) is 11.9 Å². The predicted molar refractivity (Wildman–Crippen MR) is 96.6 cm³/mol. The molecule has 0 aliphatic carbocycles. The molecule has 25 heavy (non-hydrogen) atoms. The van der Waals surface area contributed by atoms with Crippen molar-refractivity contribution in [3.05, 3.63) is 47.5 Å². The number of hydrogen-bond acceptors (Lipinski definition) is 6. The Kier molecular flexibility index (Phi) is 9.86. The van der Waals surface area contributed by atoms with E-state index < -0.39 is 13.7 Å². The highest BCUT2D eigenvalue weighted by Gasteiger charge is 2.26. The van der Waals surface area contributed by atoms with Crippen molar-refractivity contribution in [3.63, 3.8) is 0 Å². The van der Waals surface area contributed by atoms with E-state index in [1.54, 1.807) is 0 Å². The fourth-order valence-electron chi connectivity index (χ4n) is 2.23. The minimum absolute atomic E-state index is 0.0905. The molecule has 0 bridgehead atoms. The molecule has 0 saturated heterocycles. The first kappa shape index (κ1) is 21.7. The van der Waals surface area contributed by atoms with Crippen molar-refractivity contribution in [3.8, 4) is 0 Å². The summed E-state index contributed by atoms with van der Waals surface area (Å²) in [4.78, 5) is 11.8. The molecule has 1 N–H and O–H groups in total. The maximum Gasteiger partial charge on any atom is 0.337 e. The van der Waals surface area contributed by atoms with E-state index in [0.29, 0.717) is 19.6 Å². The lowest BCUT2D eigenvalue weighted by molar-refractivity contribution is -0.118. The van der Waals surface area contributed by atoms with Crippen LogP contribution in [0.5, 0.6) is 0 Å². The summed E-state index contributed by atoms with van der Waals surface area (Å²) in [6.45, 7) is 2.83. The van der Waals surface area contributed by atoms with Gasteiger partial charge in [-0.3, -0.25) is 9.36 Å². The van der Waals surface area contributed by atoms with Gasteiger partial charge < -0.3 is 18.9 Å². The van der Waals surface area contributed by atoms with Crippen molar-refractivity contribution in [1.29, 1.82) is 0 Å². The Balaban J connectivity index is 2.31. The van der Waals surface area contributed by atoms with Crippen LogP contribution in [-0.2, 0) is 29.8 Å². The van der Waals surface area contributed by atoms with E-state index in [9.17, 15) is 14.5 Å². The SMILES string of the molecule is COP(=O)(CC(=O)C[C@@H](O)C/C(C)=C/COCc1ccccc1)OC. The Morgan fingerprint density at radius 1 is 1.20 bits per heavy atom. The van der Waals surface area contributed by atoms with E-state index in [1.807, 2.05) is 43.3 Å². The largest absolute Gasteiger partial charge is 0.392 e. The number of carbonyl (C=O) groups is 1. The number of hydrogen-bond donors (Lipinski definition) is 1. The zero-order valence-corrected chi connectivity index (χ0v) is 15.9. The molecule has 1 rings (SSSR count). The molecule has 0 spiro atoms. The molecule has 0 aromatic heterocycles. The summed E-state index contributed by atoms with van der Waals surface area (Å²) < 4.78 is 26.9. The molecule has 0 amide bonds. The van der Waals surface area contributed by atoms with Gasteiger partial charge in [0.15, 0.2) is 0 Å². The highest BCUT2D eigenvalue weighted by Crippen LogP contribution is 2.46. The number of aliphatic hydroxyl groups is 1. The van der Waals surface area contributed by atoms with Crippen LogP contribution < -0.4 is 0 Å². The van der Waals surface area contributed by atoms with Crippen LogP contribution in [0.4, 0.5) is 0 Å². The summed E-state index contributed by atoms with van der Waals surface area (Å²) in [5.41, 5.74) is 2.02. The number of benzene rings is 1. The molecule has 0 fully saturated rings. The Bertz CT molecular complexity index is 591. The molecule has 1 atom stereocenters. The predicted octanol–water partition coefficient (Wildman–Crippen LogP) is 3.35. The average Bonchev–Trinajstić information content (AvgIpc) is 2.59. The van der Waals surface area contributed by atoms with Gasteiger partial charge in [-0.2, -0.15) is 0 Å². The molecule has 140 valence electrons. The van der Waals surface area contributed by atoms with Gasteiger partial charge in [-0.15, -0.1) is 0 Å². The van der Waals surface area contributed by atoms with Crippen molar-refractivity contribution < 1.29 is 28.3 Å². The van der Waals surface area contributed by atoms with Crippen molar-refractivity contribution in [2.75, 3.05) is 27.0 Å². The van der Waals surface area contributed by atoms with Crippen LogP contribution >= 0.6 is 7.60 Å². The van der Waals surface area contributed by atoms with Crippen molar-refractivity contribution in [1.82, 2.24) is 0 Å². The third-order valence-electron chi connectivity index (χ3n) is 3.61.